The molecular formula is C25H28N4O3S. The number of carbonyl (C=O) groups is 1. The molecule has 4 rings (SSSR count). The number of aromatic nitrogens is 2. The zero-order valence-electron chi connectivity index (χ0n) is 18.9. The molecule has 2 aromatic carbocycles. The third-order valence-corrected chi connectivity index (χ3v) is 6.63. The molecule has 3 aromatic rings. The Balaban J connectivity index is 1.43. The first kappa shape index (κ1) is 22.9. The first-order chi connectivity index (χ1) is 16.2. The normalized spacial score (nSPS) is 15.7. The number of ether oxygens (including phenoxy) is 2. The van der Waals surface area contributed by atoms with E-state index in [1.807, 2.05) is 36.4 Å². The highest BCUT2D eigenvalue weighted by atomic mass is 32.2. The second kappa shape index (κ2) is 11.0. The average molecular weight is 465 g/mol. The molecule has 0 bridgehead atoms. The number of rotatable bonds is 8. The van der Waals surface area contributed by atoms with Crippen LogP contribution in [0.3, 0.4) is 0 Å². The number of methoxy groups -OCH3 is 2. The molecule has 1 aliphatic rings. The van der Waals surface area contributed by atoms with Crippen molar-refractivity contribution in [2.24, 2.45) is 5.92 Å². The van der Waals surface area contributed by atoms with Gasteiger partial charge in [-0.1, -0.05) is 30.0 Å². The van der Waals surface area contributed by atoms with Crippen LogP contribution < -0.4 is 19.7 Å². The number of amides is 1. The minimum atomic E-state index is -0.119. The Morgan fingerprint density at radius 1 is 1.12 bits per heavy atom. The third-order valence-electron chi connectivity index (χ3n) is 5.64. The van der Waals surface area contributed by atoms with E-state index >= 15 is 0 Å². The molecule has 0 unspecified atom stereocenters. The van der Waals surface area contributed by atoms with E-state index in [0.29, 0.717) is 13.1 Å². The van der Waals surface area contributed by atoms with E-state index in [4.69, 9.17) is 9.47 Å². The van der Waals surface area contributed by atoms with Gasteiger partial charge in [0.05, 0.1) is 20.1 Å². The highest BCUT2D eigenvalue weighted by Gasteiger charge is 2.28. The van der Waals surface area contributed by atoms with Gasteiger partial charge in [0.25, 0.3) is 0 Å². The number of nitrogens with one attached hydrogen (secondary N) is 1. The number of piperidine rings is 1. The van der Waals surface area contributed by atoms with Gasteiger partial charge in [-0.15, -0.1) is 0 Å². The van der Waals surface area contributed by atoms with Gasteiger partial charge in [-0.2, -0.15) is 0 Å². The summed E-state index contributed by atoms with van der Waals surface area (Å²) in [5.74, 6) is 2.20. The maximum Gasteiger partial charge on any atom is 0.225 e. The molecule has 1 saturated heterocycles. The highest BCUT2D eigenvalue weighted by molar-refractivity contribution is 7.99. The van der Waals surface area contributed by atoms with Gasteiger partial charge < -0.3 is 19.7 Å². The lowest BCUT2D eigenvalue weighted by atomic mass is 9.97. The molecule has 0 radical (unpaired) electrons. The van der Waals surface area contributed by atoms with Gasteiger partial charge in [-0.3, -0.25) is 4.79 Å². The van der Waals surface area contributed by atoms with E-state index in [2.05, 4.69) is 32.3 Å². The standard InChI is InChI=1S/C25H28N4O3S/c1-31-20-10-11-22(32-2)19(15-20)16-28-24(30)18-7-6-14-29(17-18)23-25(27-13-12-26-23)33-21-8-4-3-5-9-21/h3-5,8-13,15,18H,6-7,14,16-17H2,1-2H3,(H,28,30)/t18-/m0/s1. The van der Waals surface area contributed by atoms with E-state index < -0.39 is 0 Å². The van der Waals surface area contributed by atoms with Crippen molar-refractivity contribution in [3.63, 3.8) is 0 Å². The zero-order chi connectivity index (χ0) is 23.0. The van der Waals surface area contributed by atoms with Crippen LogP contribution in [0.15, 0.2) is 70.8 Å². The lowest BCUT2D eigenvalue weighted by Crippen LogP contribution is -2.43. The Bertz CT molecular complexity index is 1080. The molecule has 172 valence electrons. The monoisotopic (exact) mass is 464 g/mol. The fourth-order valence-electron chi connectivity index (χ4n) is 3.94. The predicted molar refractivity (Wildman–Crippen MR) is 129 cm³/mol. The van der Waals surface area contributed by atoms with Gasteiger partial charge in [0.2, 0.25) is 5.91 Å². The summed E-state index contributed by atoms with van der Waals surface area (Å²) < 4.78 is 10.7. The lowest BCUT2D eigenvalue weighted by Gasteiger charge is -2.33. The summed E-state index contributed by atoms with van der Waals surface area (Å²) in [7, 11) is 3.25. The number of carbonyl (C=O) groups excluding carboxylic acids is 1. The molecule has 8 heteroatoms. The van der Waals surface area contributed by atoms with Crippen molar-refractivity contribution in [2.45, 2.75) is 29.3 Å². The molecule has 0 aliphatic carbocycles. The molecule has 1 aliphatic heterocycles. The number of hydrogen-bond donors (Lipinski definition) is 1. The molecule has 0 saturated carbocycles. The van der Waals surface area contributed by atoms with Crippen molar-refractivity contribution in [1.29, 1.82) is 0 Å². The predicted octanol–water partition coefficient (Wildman–Crippen LogP) is 4.18. The Morgan fingerprint density at radius 3 is 2.73 bits per heavy atom. The summed E-state index contributed by atoms with van der Waals surface area (Å²) in [5.41, 5.74) is 0.883. The molecular weight excluding hydrogens is 436 g/mol. The highest BCUT2D eigenvalue weighted by Crippen LogP contribution is 2.34. The van der Waals surface area contributed by atoms with E-state index in [0.717, 1.165) is 52.2 Å². The molecule has 2 heterocycles. The van der Waals surface area contributed by atoms with Crippen LogP contribution >= 0.6 is 11.8 Å². The summed E-state index contributed by atoms with van der Waals surface area (Å²) in [5, 5.41) is 3.93. The Kier molecular flexibility index (Phi) is 7.67. The SMILES string of the molecule is COc1ccc(OC)c(CNC(=O)[C@H]2CCCN(c3nccnc3Sc3ccccc3)C2)c1. The van der Waals surface area contributed by atoms with Gasteiger partial charge in [0.15, 0.2) is 5.82 Å². The minimum absolute atomic E-state index is 0.0331. The van der Waals surface area contributed by atoms with Crippen LogP contribution in [0.2, 0.25) is 0 Å². The van der Waals surface area contributed by atoms with Crippen molar-refractivity contribution in [3.05, 3.63) is 66.5 Å². The second-order valence-corrected chi connectivity index (χ2v) is 8.84. The molecule has 7 nitrogen and oxygen atoms in total. The van der Waals surface area contributed by atoms with Crippen molar-refractivity contribution in [3.8, 4) is 11.5 Å². The molecule has 1 atom stereocenters. The van der Waals surface area contributed by atoms with Crippen LogP contribution in [0.25, 0.3) is 0 Å². The smallest absolute Gasteiger partial charge is 0.225 e. The van der Waals surface area contributed by atoms with Crippen LogP contribution in [0.4, 0.5) is 5.82 Å². The molecule has 1 fully saturated rings. The van der Waals surface area contributed by atoms with Crippen molar-refractivity contribution < 1.29 is 14.3 Å². The third kappa shape index (κ3) is 5.76. The van der Waals surface area contributed by atoms with Crippen molar-refractivity contribution in [2.75, 3.05) is 32.2 Å². The Hall–Kier alpha value is -3.26. The number of nitrogens with zero attached hydrogens (tertiary/aromatic N) is 3. The van der Waals surface area contributed by atoms with Crippen LogP contribution in [-0.4, -0.2) is 43.2 Å². The van der Waals surface area contributed by atoms with Gasteiger partial charge >= 0.3 is 0 Å². The first-order valence-electron chi connectivity index (χ1n) is 11.0. The van der Waals surface area contributed by atoms with Gasteiger partial charge in [0.1, 0.15) is 16.5 Å². The summed E-state index contributed by atoms with van der Waals surface area (Å²) >= 11 is 1.59. The van der Waals surface area contributed by atoms with Gasteiger partial charge in [-0.05, 0) is 43.2 Å². The van der Waals surface area contributed by atoms with Crippen LogP contribution in [-0.2, 0) is 11.3 Å². The van der Waals surface area contributed by atoms with Gasteiger partial charge in [0, 0.05) is 42.5 Å². The number of anilines is 1. The van der Waals surface area contributed by atoms with E-state index in [-0.39, 0.29) is 11.8 Å². The Morgan fingerprint density at radius 2 is 1.94 bits per heavy atom. The summed E-state index contributed by atoms with van der Waals surface area (Å²) in [6.45, 7) is 1.85. The molecule has 1 N–H and O–H groups in total. The summed E-state index contributed by atoms with van der Waals surface area (Å²) in [6, 6.07) is 15.7. The van der Waals surface area contributed by atoms with E-state index in [1.54, 1.807) is 38.4 Å². The topological polar surface area (TPSA) is 76.6 Å². The largest absolute Gasteiger partial charge is 0.497 e. The van der Waals surface area contributed by atoms with Crippen LogP contribution in [0, 0.1) is 5.92 Å². The van der Waals surface area contributed by atoms with Crippen molar-refractivity contribution in [1.82, 2.24) is 15.3 Å². The van der Waals surface area contributed by atoms with Crippen molar-refractivity contribution >= 4 is 23.5 Å². The van der Waals surface area contributed by atoms with Crippen LogP contribution in [0.1, 0.15) is 18.4 Å². The average Bonchev–Trinajstić information content (AvgIpc) is 2.88. The molecule has 1 aromatic heterocycles. The fourth-order valence-corrected chi connectivity index (χ4v) is 4.84. The van der Waals surface area contributed by atoms with Crippen LogP contribution in [0.5, 0.6) is 11.5 Å². The summed E-state index contributed by atoms with van der Waals surface area (Å²) in [4.78, 5) is 25.5. The minimum Gasteiger partial charge on any atom is -0.497 e. The van der Waals surface area contributed by atoms with E-state index in [1.165, 1.54) is 0 Å². The first-order valence-corrected chi connectivity index (χ1v) is 11.8. The lowest BCUT2D eigenvalue weighted by molar-refractivity contribution is -0.125. The molecule has 0 spiro atoms. The maximum atomic E-state index is 13.0. The van der Waals surface area contributed by atoms with E-state index in [9.17, 15) is 4.79 Å². The molecule has 1 amide bonds. The zero-order valence-corrected chi connectivity index (χ0v) is 19.7. The fraction of sp³-hybridized carbons (Fsp3) is 0.320. The Labute approximate surface area is 198 Å². The van der Waals surface area contributed by atoms with Gasteiger partial charge in [-0.25, -0.2) is 9.97 Å². The number of benzene rings is 2. The maximum absolute atomic E-state index is 13.0. The summed E-state index contributed by atoms with van der Waals surface area (Å²) in [6.07, 6.45) is 5.19. The molecule has 33 heavy (non-hydrogen) atoms. The number of hydrogen-bond acceptors (Lipinski definition) is 7. The second-order valence-electron chi connectivity index (χ2n) is 7.78. The quantitative estimate of drug-likeness (QED) is 0.536.